The summed E-state index contributed by atoms with van der Waals surface area (Å²) in [7, 11) is -1.18. The highest BCUT2D eigenvalue weighted by Crippen LogP contribution is 2.32. The zero-order valence-corrected chi connectivity index (χ0v) is 16.9. The van der Waals surface area contributed by atoms with E-state index >= 15 is 0 Å². The Morgan fingerprint density at radius 3 is 1.79 bits per heavy atom. The van der Waals surface area contributed by atoms with Gasteiger partial charge in [0, 0.05) is 0 Å². The molecule has 0 radical (unpaired) electrons. The van der Waals surface area contributed by atoms with Gasteiger partial charge < -0.3 is 14.8 Å². The lowest BCUT2D eigenvalue weighted by Gasteiger charge is -2.38. The predicted octanol–water partition coefficient (Wildman–Crippen LogP) is 4.27. The van der Waals surface area contributed by atoms with Crippen LogP contribution in [0.25, 0.3) is 22.3 Å². The van der Waals surface area contributed by atoms with Crippen molar-refractivity contribution in [3.63, 3.8) is 0 Å². The second-order valence-electron chi connectivity index (χ2n) is 8.04. The average Bonchev–Trinajstić information content (AvgIpc) is 2.67. The first-order valence-electron chi connectivity index (χ1n) is 9.53. The molecule has 28 heavy (non-hydrogen) atoms. The van der Waals surface area contributed by atoms with Crippen LogP contribution in [0.4, 0.5) is 0 Å². The topological polar surface area (TPSA) is 49.7 Å². The molecule has 0 saturated carbocycles. The molecule has 0 aliphatic heterocycles. The van der Waals surface area contributed by atoms with E-state index in [1.165, 1.54) is 0 Å². The Balaban J connectivity index is 2.14. The summed E-state index contributed by atoms with van der Waals surface area (Å²) >= 11 is 0. The van der Waals surface area contributed by atoms with Gasteiger partial charge in [-0.2, -0.15) is 0 Å². The van der Waals surface area contributed by atoms with Gasteiger partial charge in [0.1, 0.15) is 0 Å². The van der Waals surface area contributed by atoms with Crippen LogP contribution >= 0.6 is 0 Å². The van der Waals surface area contributed by atoms with Crippen LogP contribution in [-0.4, -0.2) is 28.5 Å². The van der Waals surface area contributed by atoms with Crippen LogP contribution in [0.15, 0.2) is 78.9 Å². The molecule has 2 N–H and O–H groups in total. The molecule has 144 valence electrons. The fourth-order valence-corrected chi connectivity index (χ4v) is 3.05. The van der Waals surface area contributed by atoms with Gasteiger partial charge in [-0.15, -0.1) is 0 Å². The fraction of sp³-hybridized carbons (Fsp3) is 0.250. The Bertz CT molecular complexity index is 916. The summed E-state index contributed by atoms with van der Waals surface area (Å²) in [6.45, 7) is 6.91. The molecule has 0 spiro atoms. The number of rotatable bonds is 6. The summed E-state index contributed by atoms with van der Waals surface area (Å²) < 4.78 is 5.95. The summed E-state index contributed by atoms with van der Waals surface area (Å²) in [6, 6.07) is 25.9. The quantitative estimate of drug-likeness (QED) is 0.634. The van der Waals surface area contributed by atoms with Crippen LogP contribution in [-0.2, 0) is 4.65 Å². The number of hydrogen-bond acceptors (Lipinski definition) is 3. The third-order valence-corrected chi connectivity index (χ3v) is 5.39. The Morgan fingerprint density at radius 2 is 1.25 bits per heavy atom. The molecule has 0 aliphatic rings. The molecule has 3 aromatic rings. The van der Waals surface area contributed by atoms with Crippen molar-refractivity contribution in [1.82, 2.24) is 0 Å². The molecule has 4 heteroatoms. The maximum Gasteiger partial charge on any atom is 0.492 e. The molecule has 0 aliphatic carbocycles. The molecule has 0 aromatic heterocycles. The molecular formula is C24H27BO3. The molecule has 0 fully saturated rings. The van der Waals surface area contributed by atoms with E-state index in [1.807, 2.05) is 60.7 Å². The second-order valence-corrected chi connectivity index (χ2v) is 8.04. The van der Waals surface area contributed by atoms with Crippen molar-refractivity contribution in [2.24, 2.45) is 0 Å². The Morgan fingerprint density at radius 1 is 0.714 bits per heavy atom. The van der Waals surface area contributed by atoms with E-state index in [1.54, 1.807) is 27.7 Å². The van der Waals surface area contributed by atoms with Crippen molar-refractivity contribution in [1.29, 1.82) is 0 Å². The lowest BCUT2D eigenvalue weighted by atomic mass is 9.71. The van der Waals surface area contributed by atoms with Crippen molar-refractivity contribution in [3.8, 4) is 22.3 Å². The van der Waals surface area contributed by atoms with Crippen LogP contribution in [0.3, 0.4) is 0 Å². The highest BCUT2D eigenvalue weighted by atomic mass is 16.5. The van der Waals surface area contributed by atoms with Gasteiger partial charge in [0.15, 0.2) is 0 Å². The Labute approximate surface area is 167 Å². The van der Waals surface area contributed by atoms with E-state index < -0.39 is 18.3 Å². The zero-order valence-electron chi connectivity index (χ0n) is 16.9. The Hall–Kier alpha value is -2.40. The van der Waals surface area contributed by atoms with E-state index in [2.05, 4.69) is 18.2 Å². The van der Waals surface area contributed by atoms with E-state index in [0.717, 1.165) is 22.3 Å². The molecule has 0 bridgehead atoms. The van der Waals surface area contributed by atoms with Gasteiger partial charge in [-0.1, -0.05) is 78.9 Å². The van der Waals surface area contributed by atoms with E-state index in [0.29, 0.717) is 5.46 Å². The van der Waals surface area contributed by atoms with Crippen molar-refractivity contribution < 1.29 is 14.8 Å². The molecule has 3 rings (SSSR count). The van der Waals surface area contributed by atoms with Gasteiger partial charge in [0.25, 0.3) is 0 Å². The summed E-state index contributed by atoms with van der Waals surface area (Å²) in [5.74, 6) is 0. The highest BCUT2D eigenvalue weighted by molar-refractivity contribution is 6.62. The summed E-state index contributed by atoms with van der Waals surface area (Å²) in [6.07, 6.45) is 0. The minimum atomic E-state index is -1.18. The van der Waals surface area contributed by atoms with Crippen LogP contribution < -0.4 is 5.46 Å². The van der Waals surface area contributed by atoms with Crippen molar-refractivity contribution in [3.05, 3.63) is 78.9 Å². The first-order valence-corrected chi connectivity index (χ1v) is 9.53. The number of aliphatic hydroxyl groups is 1. The minimum Gasteiger partial charge on any atom is -0.423 e. The highest BCUT2D eigenvalue weighted by Gasteiger charge is 2.40. The van der Waals surface area contributed by atoms with Crippen LogP contribution in [0.1, 0.15) is 27.7 Å². The third-order valence-electron chi connectivity index (χ3n) is 5.39. The molecule has 3 aromatic carbocycles. The molecule has 0 atom stereocenters. The molecule has 0 amide bonds. The molecule has 3 nitrogen and oxygen atoms in total. The lowest BCUT2D eigenvalue weighted by molar-refractivity contribution is -0.0982. The maximum absolute atomic E-state index is 11.0. The molecule has 0 unspecified atom stereocenters. The first-order chi connectivity index (χ1) is 13.2. The van der Waals surface area contributed by atoms with E-state index in [-0.39, 0.29) is 0 Å². The largest absolute Gasteiger partial charge is 0.492 e. The first kappa shape index (κ1) is 20.3. The van der Waals surface area contributed by atoms with Crippen LogP contribution in [0, 0.1) is 0 Å². The average molecular weight is 374 g/mol. The summed E-state index contributed by atoms with van der Waals surface area (Å²) in [5.41, 5.74) is 2.63. The minimum absolute atomic E-state index is 0.671. The normalized spacial score (nSPS) is 12.1. The Kier molecular flexibility index (Phi) is 5.75. The van der Waals surface area contributed by atoms with E-state index in [9.17, 15) is 10.1 Å². The van der Waals surface area contributed by atoms with Gasteiger partial charge in [0.2, 0.25) is 0 Å². The summed E-state index contributed by atoms with van der Waals surface area (Å²) in [5, 5.41) is 21.4. The monoisotopic (exact) mass is 374 g/mol. The van der Waals surface area contributed by atoms with Gasteiger partial charge in [0.05, 0.1) is 11.2 Å². The van der Waals surface area contributed by atoms with Crippen molar-refractivity contribution >= 4 is 12.6 Å². The second kappa shape index (κ2) is 7.92. The molecular weight excluding hydrogens is 347 g/mol. The standard InChI is InChI=1S/C24H27BO3/c1-23(2,26)24(3,4)28-25(27)21-17-11-16-20(18-12-7-5-8-13-18)22(21)19-14-9-6-10-15-19/h5-17,26-27H,1-4H3. The smallest absolute Gasteiger partial charge is 0.423 e. The van der Waals surface area contributed by atoms with E-state index in [4.69, 9.17) is 4.65 Å². The maximum atomic E-state index is 11.0. The zero-order chi connectivity index (χ0) is 20.4. The number of benzene rings is 3. The predicted molar refractivity (Wildman–Crippen MR) is 116 cm³/mol. The molecule has 0 saturated heterocycles. The van der Waals surface area contributed by atoms with Gasteiger partial charge in [-0.3, -0.25) is 0 Å². The fourth-order valence-electron chi connectivity index (χ4n) is 3.05. The lowest BCUT2D eigenvalue weighted by Crippen LogP contribution is -2.53. The van der Waals surface area contributed by atoms with Crippen molar-refractivity contribution in [2.45, 2.75) is 38.9 Å². The third kappa shape index (κ3) is 4.20. The SMILES string of the molecule is CC(C)(O)C(C)(C)OB(O)c1cccc(-c2ccccc2)c1-c1ccccc1. The van der Waals surface area contributed by atoms with Crippen LogP contribution in [0.5, 0.6) is 0 Å². The van der Waals surface area contributed by atoms with Gasteiger partial charge in [-0.25, -0.2) is 0 Å². The number of hydrogen-bond donors (Lipinski definition) is 2. The van der Waals surface area contributed by atoms with Gasteiger partial charge >= 0.3 is 7.12 Å². The van der Waals surface area contributed by atoms with Crippen molar-refractivity contribution in [2.75, 3.05) is 0 Å². The van der Waals surface area contributed by atoms with Gasteiger partial charge in [-0.05, 0) is 55.4 Å². The van der Waals surface area contributed by atoms with Crippen LogP contribution in [0.2, 0.25) is 0 Å². The molecule has 0 heterocycles. The summed E-state index contributed by atoms with van der Waals surface area (Å²) in [4.78, 5) is 0.